The molecular formula is C19H13FN6O2S. The highest BCUT2D eigenvalue weighted by Gasteiger charge is 2.17. The van der Waals surface area contributed by atoms with Gasteiger partial charge in [-0.25, -0.2) is 22.8 Å². The number of hydrogen-bond donors (Lipinski definition) is 2. The van der Waals surface area contributed by atoms with Crippen LogP contribution in [0.25, 0.3) is 22.4 Å². The molecule has 2 N–H and O–H groups in total. The second-order valence-corrected chi connectivity index (χ2v) is 7.88. The molecule has 8 nitrogen and oxygen atoms in total. The average Bonchev–Trinajstić information content (AvgIpc) is 3.18. The van der Waals surface area contributed by atoms with E-state index in [0.29, 0.717) is 22.7 Å². The molecule has 0 bridgehead atoms. The number of anilines is 1. The monoisotopic (exact) mass is 408 g/mol. The van der Waals surface area contributed by atoms with Crippen molar-refractivity contribution in [3.8, 4) is 17.5 Å². The highest BCUT2D eigenvalue weighted by molar-refractivity contribution is 7.92. The molecule has 10 heteroatoms. The van der Waals surface area contributed by atoms with Gasteiger partial charge in [0.2, 0.25) is 0 Å². The summed E-state index contributed by atoms with van der Waals surface area (Å²) < 4.78 is 40.9. The summed E-state index contributed by atoms with van der Waals surface area (Å²) in [4.78, 5) is 8.65. The van der Waals surface area contributed by atoms with E-state index in [2.05, 4.69) is 24.9 Å². The Morgan fingerprint density at radius 3 is 2.62 bits per heavy atom. The SMILES string of the molecule is Cc1nc(-c2ccc(NS(=O)(=O)c3ccc(F)c(C#N)c3)cc2)nc2[nH]ncc12. The van der Waals surface area contributed by atoms with Crippen LogP contribution < -0.4 is 4.72 Å². The predicted molar refractivity (Wildman–Crippen MR) is 104 cm³/mol. The lowest BCUT2D eigenvalue weighted by Crippen LogP contribution is -2.13. The molecule has 0 spiro atoms. The third-order valence-electron chi connectivity index (χ3n) is 4.26. The van der Waals surface area contributed by atoms with Gasteiger partial charge in [0.15, 0.2) is 11.5 Å². The highest BCUT2D eigenvalue weighted by Crippen LogP contribution is 2.23. The van der Waals surface area contributed by atoms with Crippen molar-refractivity contribution in [1.82, 2.24) is 20.2 Å². The number of rotatable bonds is 4. The van der Waals surface area contributed by atoms with Crippen molar-refractivity contribution in [2.24, 2.45) is 0 Å². The summed E-state index contributed by atoms with van der Waals surface area (Å²) in [5.74, 6) is -0.300. The maximum Gasteiger partial charge on any atom is 0.261 e. The van der Waals surface area contributed by atoms with Crippen molar-refractivity contribution in [3.63, 3.8) is 0 Å². The van der Waals surface area contributed by atoms with E-state index in [-0.39, 0.29) is 10.5 Å². The van der Waals surface area contributed by atoms with Gasteiger partial charge >= 0.3 is 0 Å². The van der Waals surface area contributed by atoms with Gasteiger partial charge in [-0.2, -0.15) is 10.4 Å². The van der Waals surface area contributed by atoms with Crippen LogP contribution in [0.5, 0.6) is 0 Å². The van der Waals surface area contributed by atoms with Gasteiger partial charge in [-0.1, -0.05) is 0 Å². The number of benzene rings is 2. The van der Waals surface area contributed by atoms with Crippen LogP contribution in [0, 0.1) is 24.1 Å². The molecule has 0 saturated carbocycles. The van der Waals surface area contributed by atoms with Crippen LogP contribution in [0.1, 0.15) is 11.3 Å². The number of hydrogen-bond acceptors (Lipinski definition) is 6. The molecule has 2 heterocycles. The molecule has 0 fully saturated rings. The second-order valence-electron chi connectivity index (χ2n) is 6.20. The van der Waals surface area contributed by atoms with E-state index in [9.17, 15) is 12.8 Å². The predicted octanol–water partition coefficient (Wildman–Crippen LogP) is 3.14. The minimum absolute atomic E-state index is 0.205. The Labute approximate surface area is 165 Å². The lowest BCUT2D eigenvalue weighted by molar-refractivity contribution is 0.599. The van der Waals surface area contributed by atoms with Gasteiger partial charge in [-0.05, 0) is 49.4 Å². The Hall–Kier alpha value is -3.84. The number of sulfonamides is 1. The van der Waals surface area contributed by atoms with Crippen molar-refractivity contribution in [2.45, 2.75) is 11.8 Å². The standard InChI is InChI=1S/C19H13FN6O2S/c1-11-16-10-22-25-19(16)24-18(23-11)12-2-4-14(5-3-12)26-29(27,28)15-6-7-17(20)13(8-15)9-21/h2-8,10,26H,1H3,(H,22,23,24,25). The Morgan fingerprint density at radius 2 is 1.90 bits per heavy atom. The first-order chi connectivity index (χ1) is 13.9. The van der Waals surface area contributed by atoms with E-state index in [1.807, 2.05) is 6.92 Å². The fourth-order valence-corrected chi connectivity index (χ4v) is 3.85. The molecule has 4 aromatic rings. The smallest absolute Gasteiger partial charge is 0.261 e. The van der Waals surface area contributed by atoms with Crippen molar-refractivity contribution in [3.05, 3.63) is 65.7 Å². The summed E-state index contributed by atoms with van der Waals surface area (Å²) >= 11 is 0. The number of aromatic amines is 1. The Morgan fingerprint density at radius 1 is 1.14 bits per heavy atom. The molecule has 0 radical (unpaired) electrons. The zero-order valence-corrected chi connectivity index (χ0v) is 15.8. The van der Waals surface area contributed by atoms with E-state index in [0.717, 1.165) is 29.3 Å². The van der Waals surface area contributed by atoms with Gasteiger partial charge in [-0.15, -0.1) is 0 Å². The topological polar surface area (TPSA) is 124 Å². The normalized spacial score (nSPS) is 11.3. The summed E-state index contributed by atoms with van der Waals surface area (Å²) in [6.45, 7) is 1.85. The first-order valence-corrected chi connectivity index (χ1v) is 9.86. The Balaban J connectivity index is 1.61. The van der Waals surface area contributed by atoms with E-state index < -0.39 is 15.8 Å². The lowest BCUT2D eigenvalue weighted by atomic mass is 10.2. The highest BCUT2D eigenvalue weighted by atomic mass is 32.2. The van der Waals surface area contributed by atoms with Crippen molar-refractivity contribution in [1.29, 1.82) is 5.26 Å². The largest absolute Gasteiger partial charge is 0.280 e. The molecule has 0 unspecified atom stereocenters. The fourth-order valence-electron chi connectivity index (χ4n) is 2.77. The third-order valence-corrected chi connectivity index (χ3v) is 5.64. The van der Waals surface area contributed by atoms with Crippen molar-refractivity contribution in [2.75, 3.05) is 4.72 Å². The van der Waals surface area contributed by atoms with Crippen molar-refractivity contribution >= 4 is 26.7 Å². The second kappa shape index (κ2) is 6.96. The van der Waals surface area contributed by atoms with E-state index in [4.69, 9.17) is 5.26 Å². The van der Waals surface area contributed by atoms with Crippen LogP contribution in [0.4, 0.5) is 10.1 Å². The molecule has 29 heavy (non-hydrogen) atoms. The van der Waals surface area contributed by atoms with Gasteiger partial charge < -0.3 is 0 Å². The van der Waals surface area contributed by atoms with Crippen LogP contribution in [0.3, 0.4) is 0 Å². The maximum absolute atomic E-state index is 13.4. The van der Waals surface area contributed by atoms with Gasteiger partial charge in [0.05, 0.1) is 27.7 Å². The first kappa shape index (κ1) is 18.5. The molecule has 144 valence electrons. The summed E-state index contributed by atoms with van der Waals surface area (Å²) in [5, 5.41) is 16.5. The van der Waals surface area contributed by atoms with Gasteiger partial charge in [-0.3, -0.25) is 9.82 Å². The molecule has 4 rings (SSSR count). The molecule has 2 aromatic carbocycles. The number of H-pyrrole nitrogens is 1. The number of aryl methyl sites for hydroxylation is 1. The number of halogens is 1. The maximum atomic E-state index is 13.4. The van der Waals surface area contributed by atoms with Crippen molar-refractivity contribution < 1.29 is 12.8 Å². The summed E-state index contributed by atoms with van der Waals surface area (Å²) in [5.41, 5.74) is 2.04. The molecule has 0 aliphatic carbocycles. The first-order valence-electron chi connectivity index (χ1n) is 8.38. The Bertz CT molecular complexity index is 1370. The lowest BCUT2D eigenvalue weighted by Gasteiger charge is -2.09. The molecular weight excluding hydrogens is 395 g/mol. The summed E-state index contributed by atoms with van der Waals surface area (Å²) in [7, 11) is -3.98. The van der Waals surface area contributed by atoms with Crippen LogP contribution in [-0.4, -0.2) is 28.6 Å². The minimum atomic E-state index is -3.98. The third kappa shape index (κ3) is 3.51. The number of nitrogens with zero attached hydrogens (tertiary/aromatic N) is 4. The Kier molecular flexibility index (Phi) is 4.44. The van der Waals surface area contributed by atoms with Crippen LogP contribution in [0.15, 0.2) is 53.6 Å². The number of nitrogens with one attached hydrogen (secondary N) is 2. The van der Waals surface area contributed by atoms with E-state index in [1.54, 1.807) is 36.5 Å². The molecule has 0 aliphatic heterocycles. The molecule has 0 amide bonds. The van der Waals surface area contributed by atoms with Gasteiger partial charge in [0, 0.05) is 11.3 Å². The minimum Gasteiger partial charge on any atom is -0.280 e. The van der Waals surface area contributed by atoms with Gasteiger partial charge in [0.1, 0.15) is 11.9 Å². The molecule has 0 atom stereocenters. The zero-order valence-electron chi connectivity index (χ0n) is 15.0. The molecule has 2 aromatic heterocycles. The number of fused-ring (bicyclic) bond motifs is 1. The van der Waals surface area contributed by atoms with Gasteiger partial charge in [0.25, 0.3) is 10.0 Å². The molecule has 0 saturated heterocycles. The summed E-state index contributed by atoms with van der Waals surface area (Å²) in [6, 6.07) is 11.2. The van der Waals surface area contributed by atoms with Crippen LogP contribution in [0.2, 0.25) is 0 Å². The number of aromatic nitrogens is 4. The van der Waals surface area contributed by atoms with Crippen LogP contribution >= 0.6 is 0 Å². The van der Waals surface area contributed by atoms with Crippen LogP contribution in [-0.2, 0) is 10.0 Å². The fraction of sp³-hybridized carbons (Fsp3) is 0.0526. The quantitative estimate of drug-likeness (QED) is 0.534. The zero-order chi connectivity index (χ0) is 20.6. The van der Waals surface area contributed by atoms with E-state index in [1.165, 1.54) is 0 Å². The number of nitriles is 1. The van der Waals surface area contributed by atoms with E-state index >= 15 is 0 Å². The molecule has 0 aliphatic rings. The average molecular weight is 408 g/mol. The summed E-state index contributed by atoms with van der Waals surface area (Å²) in [6.07, 6.45) is 1.65.